The summed E-state index contributed by atoms with van der Waals surface area (Å²) in [4.78, 5) is 38.3. The van der Waals surface area contributed by atoms with E-state index in [0.717, 1.165) is 5.39 Å². The molecule has 0 saturated carbocycles. The van der Waals surface area contributed by atoms with Gasteiger partial charge in [-0.05, 0) is 30.7 Å². The molecular weight excluding hydrogens is 364 g/mol. The number of carboxylic acids is 2. The van der Waals surface area contributed by atoms with E-state index < -0.39 is 34.4 Å². The molecule has 0 fully saturated rings. The molecule has 0 aliphatic rings. The predicted molar refractivity (Wildman–Crippen MR) is 104 cm³/mol. The van der Waals surface area contributed by atoms with Crippen LogP contribution in [-0.4, -0.2) is 33.2 Å². The Morgan fingerprint density at radius 3 is 2.25 bits per heavy atom. The molecule has 5 N–H and O–H groups in total. The normalized spacial score (nSPS) is 11.0. The number of aromatic nitrogens is 1. The Bertz CT molecular complexity index is 1160. The molecule has 8 nitrogen and oxygen atoms in total. The summed E-state index contributed by atoms with van der Waals surface area (Å²) in [5.74, 6) is -3.21. The third-order valence-corrected chi connectivity index (χ3v) is 4.18. The van der Waals surface area contributed by atoms with Crippen LogP contribution in [0.4, 0.5) is 5.82 Å². The fraction of sp³-hybridized carbons (Fsp3) is 0.150. The molecule has 0 amide bonds. The van der Waals surface area contributed by atoms with Crippen molar-refractivity contribution in [2.75, 3.05) is 5.73 Å². The van der Waals surface area contributed by atoms with Crippen LogP contribution in [-0.2, 0) is 0 Å². The van der Waals surface area contributed by atoms with Crippen molar-refractivity contribution < 1.29 is 24.5 Å². The fourth-order valence-electron chi connectivity index (χ4n) is 3.16. The number of H-pyrrole nitrogens is 1. The van der Waals surface area contributed by atoms with Crippen molar-refractivity contribution >= 4 is 28.5 Å². The van der Waals surface area contributed by atoms with Gasteiger partial charge in [0.15, 0.2) is 0 Å². The SMILES string of the molecule is CC(C)Oc1ccc2ccccc2c1-c1c(C(=O)O)c(N)[nH]c(=O)c1C(=O)O. The number of aromatic carboxylic acids is 2. The Balaban J connectivity index is 2.60. The second-order valence-electron chi connectivity index (χ2n) is 6.43. The summed E-state index contributed by atoms with van der Waals surface area (Å²) in [5, 5.41) is 20.6. The van der Waals surface area contributed by atoms with Gasteiger partial charge in [0.1, 0.15) is 22.7 Å². The van der Waals surface area contributed by atoms with Crippen LogP contribution in [0.25, 0.3) is 21.9 Å². The summed E-state index contributed by atoms with van der Waals surface area (Å²) < 4.78 is 5.82. The van der Waals surface area contributed by atoms with Crippen LogP contribution in [0, 0.1) is 0 Å². The summed E-state index contributed by atoms with van der Waals surface area (Å²) in [7, 11) is 0. The quantitative estimate of drug-likeness (QED) is 0.531. The summed E-state index contributed by atoms with van der Waals surface area (Å²) in [6, 6.07) is 10.4. The molecule has 0 aliphatic carbocycles. The van der Waals surface area contributed by atoms with Crippen LogP contribution in [0.1, 0.15) is 34.6 Å². The number of ether oxygens (including phenoxy) is 1. The molecule has 28 heavy (non-hydrogen) atoms. The Hall–Kier alpha value is -3.81. The number of fused-ring (bicyclic) bond motifs is 1. The van der Waals surface area contributed by atoms with Crippen molar-refractivity contribution in [1.29, 1.82) is 0 Å². The first kappa shape index (κ1) is 19.0. The molecule has 3 rings (SSSR count). The van der Waals surface area contributed by atoms with E-state index in [0.29, 0.717) is 5.39 Å². The number of nitrogens with two attached hydrogens (primary N) is 1. The van der Waals surface area contributed by atoms with Crippen LogP contribution < -0.4 is 16.0 Å². The van der Waals surface area contributed by atoms with E-state index in [9.17, 15) is 24.6 Å². The highest BCUT2D eigenvalue weighted by molar-refractivity contribution is 6.13. The zero-order valence-corrected chi connectivity index (χ0v) is 15.1. The number of rotatable bonds is 5. The molecule has 1 heterocycles. The van der Waals surface area contributed by atoms with Crippen molar-refractivity contribution in [3.63, 3.8) is 0 Å². The molecule has 144 valence electrons. The van der Waals surface area contributed by atoms with E-state index in [-0.39, 0.29) is 23.0 Å². The standard InChI is InChI=1S/C20H18N2O6/c1-9(2)28-12-8-7-10-5-3-4-6-11(10)13(12)14-15(19(24)25)17(21)22-18(23)16(14)20(26)27/h3-9H,1-2H3,(H,24,25)(H,26,27)(H3,21,22,23). The molecule has 8 heteroatoms. The largest absolute Gasteiger partial charge is 0.490 e. The number of aromatic amines is 1. The number of carboxylic acid groups (broad SMARTS) is 2. The van der Waals surface area contributed by atoms with Crippen LogP contribution >= 0.6 is 0 Å². The Kier molecular flexibility index (Phi) is 4.79. The van der Waals surface area contributed by atoms with Crippen molar-refractivity contribution in [3.8, 4) is 16.9 Å². The lowest BCUT2D eigenvalue weighted by atomic mass is 9.90. The number of nitrogen functional groups attached to an aromatic ring is 1. The number of nitrogens with one attached hydrogen (secondary N) is 1. The fourth-order valence-corrected chi connectivity index (χ4v) is 3.16. The van der Waals surface area contributed by atoms with E-state index >= 15 is 0 Å². The average Bonchev–Trinajstić information content (AvgIpc) is 2.59. The molecule has 0 saturated heterocycles. The topological polar surface area (TPSA) is 143 Å². The Morgan fingerprint density at radius 1 is 1.00 bits per heavy atom. The molecular formula is C20H18N2O6. The van der Waals surface area contributed by atoms with Crippen molar-refractivity contribution in [3.05, 3.63) is 57.9 Å². The number of anilines is 1. The molecule has 0 atom stereocenters. The molecule has 1 aromatic heterocycles. The lowest BCUT2D eigenvalue weighted by molar-refractivity contribution is 0.0695. The zero-order chi connectivity index (χ0) is 20.6. The van der Waals surface area contributed by atoms with Gasteiger partial charge in [-0.25, -0.2) is 9.59 Å². The van der Waals surface area contributed by atoms with Crippen LogP contribution in [0.15, 0.2) is 41.2 Å². The lowest BCUT2D eigenvalue weighted by Gasteiger charge is -2.19. The number of benzene rings is 2. The molecule has 3 aromatic rings. The first-order valence-electron chi connectivity index (χ1n) is 8.43. The maximum absolute atomic E-state index is 12.4. The third kappa shape index (κ3) is 3.16. The van der Waals surface area contributed by atoms with E-state index in [2.05, 4.69) is 4.98 Å². The molecule has 2 aromatic carbocycles. The van der Waals surface area contributed by atoms with Gasteiger partial charge in [-0.1, -0.05) is 30.3 Å². The van der Waals surface area contributed by atoms with Gasteiger partial charge in [0.25, 0.3) is 5.56 Å². The van der Waals surface area contributed by atoms with Crippen molar-refractivity contribution in [2.45, 2.75) is 20.0 Å². The monoisotopic (exact) mass is 382 g/mol. The second kappa shape index (κ2) is 7.07. The molecule has 0 unspecified atom stereocenters. The lowest BCUT2D eigenvalue weighted by Crippen LogP contribution is -2.24. The molecule has 0 radical (unpaired) electrons. The average molecular weight is 382 g/mol. The van der Waals surface area contributed by atoms with Gasteiger partial charge in [0, 0.05) is 11.1 Å². The van der Waals surface area contributed by atoms with Crippen LogP contribution in [0.3, 0.4) is 0 Å². The van der Waals surface area contributed by atoms with Crippen LogP contribution in [0.5, 0.6) is 5.75 Å². The third-order valence-electron chi connectivity index (χ3n) is 4.18. The summed E-state index contributed by atoms with van der Waals surface area (Å²) in [6.07, 6.45) is -0.277. The van der Waals surface area contributed by atoms with Gasteiger partial charge in [-0.3, -0.25) is 4.79 Å². The highest BCUT2D eigenvalue weighted by Crippen LogP contribution is 2.41. The number of hydrogen-bond acceptors (Lipinski definition) is 5. The smallest absolute Gasteiger partial charge is 0.342 e. The highest BCUT2D eigenvalue weighted by Gasteiger charge is 2.29. The van der Waals surface area contributed by atoms with Gasteiger partial charge in [0.05, 0.1) is 6.10 Å². The van der Waals surface area contributed by atoms with E-state index in [4.69, 9.17) is 10.5 Å². The van der Waals surface area contributed by atoms with Gasteiger partial charge >= 0.3 is 11.9 Å². The molecule has 0 aliphatic heterocycles. The second-order valence-corrected chi connectivity index (χ2v) is 6.43. The Morgan fingerprint density at radius 2 is 1.64 bits per heavy atom. The van der Waals surface area contributed by atoms with Gasteiger partial charge < -0.3 is 25.7 Å². The van der Waals surface area contributed by atoms with E-state index in [1.165, 1.54) is 0 Å². The zero-order valence-electron chi connectivity index (χ0n) is 15.1. The van der Waals surface area contributed by atoms with E-state index in [1.807, 2.05) is 0 Å². The van der Waals surface area contributed by atoms with Crippen molar-refractivity contribution in [2.24, 2.45) is 0 Å². The summed E-state index contributed by atoms with van der Waals surface area (Å²) in [5.41, 5.74) is 3.46. The highest BCUT2D eigenvalue weighted by atomic mass is 16.5. The first-order valence-corrected chi connectivity index (χ1v) is 8.43. The number of pyridine rings is 1. The molecule has 0 spiro atoms. The number of carbonyl (C=O) groups is 2. The van der Waals surface area contributed by atoms with Crippen molar-refractivity contribution in [1.82, 2.24) is 4.98 Å². The first-order chi connectivity index (χ1) is 13.2. The van der Waals surface area contributed by atoms with Gasteiger partial charge in [-0.15, -0.1) is 0 Å². The number of hydrogen-bond donors (Lipinski definition) is 4. The maximum atomic E-state index is 12.4. The van der Waals surface area contributed by atoms with Gasteiger partial charge in [-0.2, -0.15) is 0 Å². The minimum atomic E-state index is -1.57. The van der Waals surface area contributed by atoms with E-state index in [1.54, 1.807) is 50.2 Å². The minimum absolute atomic E-state index is 0.194. The maximum Gasteiger partial charge on any atom is 0.342 e. The minimum Gasteiger partial charge on any atom is -0.490 e. The van der Waals surface area contributed by atoms with Crippen LogP contribution in [0.2, 0.25) is 0 Å². The predicted octanol–water partition coefficient (Wildman–Crippen LogP) is 2.96. The molecule has 0 bridgehead atoms. The summed E-state index contributed by atoms with van der Waals surface area (Å²) in [6.45, 7) is 3.56. The Labute approximate surface area is 159 Å². The van der Waals surface area contributed by atoms with Gasteiger partial charge in [0.2, 0.25) is 0 Å². The summed E-state index contributed by atoms with van der Waals surface area (Å²) >= 11 is 0.